The number of nitrogens with zero attached hydrogens (tertiary/aromatic N) is 3. The fourth-order valence-corrected chi connectivity index (χ4v) is 0.442. The van der Waals surface area contributed by atoms with Crippen LogP contribution in [0.15, 0.2) is 27.3 Å². The third kappa shape index (κ3) is 6.64. The van der Waals surface area contributed by atoms with Crippen LogP contribution in [0.25, 0.3) is 0 Å². The zero-order chi connectivity index (χ0) is 8.53. The van der Waals surface area contributed by atoms with Gasteiger partial charge in [-0.1, -0.05) is 13.5 Å². The van der Waals surface area contributed by atoms with Crippen LogP contribution in [0.4, 0.5) is 0 Å². The van der Waals surface area contributed by atoms with Gasteiger partial charge in [0.15, 0.2) is 0 Å². The molecule has 0 N–H and O–H groups in total. The maximum absolute atomic E-state index is 3.88. The first kappa shape index (κ1) is 9.75. The van der Waals surface area contributed by atoms with Crippen LogP contribution in [0.2, 0.25) is 0 Å². The molecule has 0 aliphatic heterocycles. The van der Waals surface area contributed by atoms with Crippen LogP contribution in [-0.2, 0) is 0 Å². The van der Waals surface area contributed by atoms with Crippen molar-refractivity contribution in [3.05, 3.63) is 12.3 Å². The Balaban J connectivity index is 3.74. The van der Waals surface area contributed by atoms with Crippen LogP contribution in [-0.4, -0.2) is 25.8 Å². The molecule has 0 aromatic rings. The predicted molar refractivity (Wildman–Crippen MR) is 50.8 cm³/mol. The highest BCUT2D eigenvalue weighted by atomic mass is 14.9. The molecule has 0 saturated carbocycles. The lowest BCUT2D eigenvalue weighted by atomic mass is 10.5. The number of rotatable bonds is 4. The molecule has 0 radical (unpaired) electrons. The Morgan fingerprint density at radius 2 is 2.27 bits per heavy atom. The number of hydrogen-bond donors (Lipinski definition) is 0. The Hall–Kier alpha value is -1.25. The van der Waals surface area contributed by atoms with Gasteiger partial charge in [-0.05, 0) is 6.42 Å². The van der Waals surface area contributed by atoms with Crippen molar-refractivity contribution in [1.29, 1.82) is 0 Å². The topological polar surface area (TPSA) is 37.1 Å². The number of allylic oxidation sites excluding steroid dienone is 1. The highest BCUT2D eigenvalue weighted by Crippen LogP contribution is 1.84. The molecule has 0 aromatic carbocycles. The highest BCUT2D eigenvalue weighted by Gasteiger charge is 1.76. The van der Waals surface area contributed by atoms with Crippen LogP contribution < -0.4 is 0 Å². The fraction of sp³-hybridized carbons (Fsp3) is 0.375. The van der Waals surface area contributed by atoms with Crippen molar-refractivity contribution in [1.82, 2.24) is 0 Å². The van der Waals surface area contributed by atoms with Crippen molar-refractivity contribution < 1.29 is 0 Å². The van der Waals surface area contributed by atoms with Gasteiger partial charge in [0.1, 0.15) is 6.34 Å². The third-order valence-corrected chi connectivity index (χ3v) is 0.856. The van der Waals surface area contributed by atoms with Gasteiger partial charge >= 0.3 is 0 Å². The third-order valence-electron chi connectivity index (χ3n) is 0.856. The van der Waals surface area contributed by atoms with Gasteiger partial charge in [-0.2, -0.15) is 0 Å². The minimum atomic E-state index is 0.612. The van der Waals surface area contributed by atoms with E-state index in [9.17, 15) is 0 Å². The minimum Gasteiger partial charge on any atom is -0.294 e. The Labute approximate surface area is 67.3 Å². The predicted octanol–water partition coefficient (Wildman–Crippen LogP) is 1.71. The van der Waals surface area contributed by atoms with Crippen molar-refractivity contribution in [2.75, 3.05) is 7.05 Å². The molecule has 0 amide bonds. The van der Waals surface area contributed by atoms with E-state index in [0.29, 0.717) is 5.70 Å². The zero-order valence-electron chi connectivity index (χ0n) is 6.99. The summed E-state index contributed by atoms with van der Waals surface area (Å²) in [6, 6.07) is 0. The van der Waals surface area contributed by atoms with E-state index in [1.165, 1.54) is 6.34 Å². The van der Waals surface area contributed by atoms with Crippen molar-refractivity contribution >= 4 is 18.8 Å². The Morgan fingerprint density at radius 1 is 1.55 bits per heavy atom. The molecule has 0 spiro atoms. The quantitative estimate of drug-likeness (QED) is 0.433. The van der Waals surface area contributed by atoms with Crippen LogP contribution in [0, 0.1) is 0 Å². The van der Waals surface area contributed by atoms with Gasteiger partial charge in [-0.3, -0.25) is 4.99 Å². The molecule has 3 nitrogen and oxygen atoms in total. The van der Waals surface area contributed by atoms with Crippen molar-refractivity contribution in [3.8, 4) is 0 Å². The van der Waals surface area contributed by atoms with E-state index in [0.717, 1.165) is 6.42 Å². The van der Waals surface area contributed by atoms with Gasteiger partial charge in [0, 0.05) is 19.5 Å². The average molecular weight is 151 g/mol. The summed E-state index contributed by atoms with van der Waals surface area (Å²) in [5.41, 5.74) is 0.612. The monoisotopic (exact) mass is 151 g/mol. The van der Waals surface area contributed by atoms with Crippen molar-refractivity contribution in [2.24, 2.45) is 15.0 Å². The lowest BCUT2D eigenvalue weighted by molar-refractivity contribution is 1.32. The summed E-state index contributed by atoms with van der Waals surface area (Å²) < 4.78 is 0. The molecule has 0 unspecified atom stereocenters. The van der Waals surface area contributed by atoms with Gasteiger partial charge in [0.2, 0.25) is 0 Å². The Kier molecular flexibility index (Phi) is 6.08. The lowest BCUT2D eigenvalue weighted by Gasteiger charge is -1.83. The molecular formula is C8H13N3. The van der Waals surface area contributed by atoms with Gasteiger partial charge in [-0.15, -0.1) is 0 Å². The van der Waals surface area contributed by atoms with E-state index in [-0.39, 0.29) is 0 Å². The van der Waals surface area contributed by atoms with Crippen LogP contribution in [0.5, 0.6) is 0 Å². The molecule has 0 fully saturated rings. The van der Waals surface area contributed by atoms with Gasteiger partial charge in [-0.25, -0.2) is 9.98 Å². The summed E-state index contributed by atoms with van der Waals surface area (Å²) in [4.78, 5) is 11.5. The molecule has 0 aliphatic rings. The van der Waals surface area contributed by atoms with Crippen molar-refractivity contribution in [2.45, 2.75) is 13.3 Å². The fourth-order valence-electron chi connectivity index (χ4n) is 0.442. The largest absolute Gasteiger partial charge is 0.294 e. The molecule has 3 heteroatoms. The molecule has 0 bridgehead atoms. The van der Waals surface area contributed by atoms with Crippen LogP contribution >= 0.6 is 0 Å². The van der Waals surface area contributed by atoms with Crippen molar-refractivity contribution in [3.63, 3.8) is 0 Å². The second-order valence-corrected chi connectivity index (χ2v) is 1.86. The molecule has 0 rings (SSSR count). The summed E-state index contributed by atoms with van der Waals surface area (Å²) in [6.45, 7) is 5.63. The van der Waals surface area contributed by atoms with E-state index < -0.39 is 0 Å². The maximum atomic E-state index is 3.88. The maximum Gasteiger partial charge on any atom is 0.115 e. The Bertz CT molecular complexity index is 190. The molecule has 0 aliphatic carbocycles. The molecule has 0 aromatic heterocycles. The Morgan fingerprint density at radius 3 is 2.82 bits per heavy atom. The van der Waals surface area contributed by atoms with E-state index in [2.05, 4.69) is 21.6 Å². The normalized spacial score (nSPS) is 12.2. The molecule has 11 heavy (non-hydrogen) atoms. The van der Waals surface area contributed by atoms with E-state index in [1.807, 2.05) is 6.92 Å². The smallest absolute Gasteiger partial charge is 0.115 e. The first-order valence-electron chi connectivity index (χ1n) is 3.46. The van der Waals surface area contributed by atoms with Gasteiger partial charge in [0.25, 0.3) is 0 Å². The number of aliphatic imine (C=N–C) groups is 3. The van der Waals surface area contributed by atoms with E-state index >= 15 is 0 Å². The lowest BCUT2D eigenvalue weighted by Crippen LogP contribution is -1.77. The SMILES string of the molecule is C=C(C=NC)N=CN=CCC. The van der Waals surface area contributed by atoms with Crippen LogP contribution in [0.1, 0.15) is 13.3 Å². The summed E-state index contributed by atoms with van der Waals surface area (Å²) in [7, 11) is 1.68. The first-order valence-corrected chi connectivity index (χ1v) is 3.46. The van der Waals surface area contributed by atoms with Crippen LogP contribution in [0.3, 0.4) is 0 Å². The summed E-state index contributed by atoms with van der Waals surface area (Å²) in [5, 5.41) is 0. The molecule has 60 valence electrons. The molecule has 0 saturated heterocycles. The zero-order valence-corrected chi connectivity index (χ0v) is 6.99. The second kappa shape index (κ2) is 6.86. The number of hydrogen-bond acceptors (Lipinski definition) is 2. The highest BCUT2D eigenvalue weighted by molar-refractivity contribution is 5.81. The standard InChI is InChI=1S/C8H13N3/c1-4-5-10-7-11-8(2)6-9-3/h5-7H,2,4H2,1,3H3. The van der Waals surface area contributed by atoms with Gasteiger partial charge in [0.05, 0.1) is 5.70 Å². The summed E-state index contributed by atoms with van der Waals surface area (Å²) >= 11 is 0. The van der Waals surface area contributed by atoms with E-state index in [1.54, 1.807) is 19.5 Å². The second-order valence-electron chi connectivity index (χ2n) is 1.86. The van der Waals surface area contributed by atoms with E-state index in [4.69, 9.17) is 0 Å². The first-order chi connectivity index (χ1) is 5.31. The summed E-state index contributed by atoms with van der Waals surface area (Å²) in [5.74, 6) is 0. The summed E-state index contributed by atoms with van der Waals surface area (Å²) in [6.07, 6.45) is 5.74. The molecular weight excluding hydrogens is 138 g/mol. The molecule has 0 atom stereocenters. The van der Waals surface area contributed by atoms with Gasteiger partial charge < -0.3 is 0 Å². The minimum absolute atomic E-state index is 0.612. The molecule has 0 heterocycles. The average Bonchev–Trinajstić information content (AvgIpc) is 1.99.